The number of phenols is 2. The minimum absolute atomic E-state index is 0.0287. The fourth-order valence-corrected chi connectivity index (χ4v) is 3.20. The highest BCUT2D eigenvalue weighted by Crippen LogP contribution is 2.44. The van der Waals surface area contributed by atoms with Crippen LogP contribution >= 0.6 is 0 Å². The molecule has 0 bridgehead atoms. The van der Waals surface area contributed by atoms with Crippen LogP contribution in [0.15, 0.2) is 54.6 Å². The number of nitro groups is 1. The van der Waals surface area contributed by atoms with Crippen molar-refractivity contribution in [2.75, 3.05) is 5.32 Å². The number of ketones is 2. The number of rotatable bonds is 3. The number of benzene rings is 3. The highest BCUT2D eigenvalue weighted by molar-refractivity contribution is 6.31. The van der Waals surface area contributed by atoms with E-state index in [4.69, 9.17) is 0 Å². The van der Waals surface area contributed by atoms with E-state index in [1.165, 1.54) is 12.1 Å². The molecule has 0 heterocycles. The van der Waals surface area contributed by atoms with E-state index in [0.29, 0.717) is 5.69 Å². The summed E-state index contributed by atoms with van der Waals surface area (Å²) in [7, 11) is 0. The van der Waals surface area contributed by atoms with E-state index < -0.39 is 27.9 Å². The number of carbonyl (C=O) groups excluding carboxylic acids is 2. The topological polar surface area (TPSA) is 130 Å². The maximum Gasteiger partial charge on any atom is 0.313 e. The summed E-state index contributed by atoms with van der Waals surface area (Å²) in [5.41, 5.74) is -0.852. The molecule has 0 amide bonds. The number of nitrogens with zero attached hydrogens (tertiary/aromatic N) is 1. The third-order valence-corrected chi connectivity index (χ3v) is 4.48. The Kier molecular flexibility index (Phi) is 3.82. The third kappa shape index (κ3) is 2.55. The SMILES string of the molecule is O=C1c2ccc(O)cc2C(=O)c2c1cc([N+](=O)[O-])c(O)c2Nc1ccccc1. The summed E-state index contributed by atoms with van der Waals surface area (Å²) in [5, 5.41) is 34.3. The van der Waals surface area contributed by atoms with Gasteiger partial charge in [0.05, 0.1) is 10.5 Å². The van der Waals surface area contributed by atoms with Crippen molar-refractivity contribution >= 4 is 28.6 Å². The summed E-state index contributed by atoms with van der Waals surface area (Å²) in [6.07, 6.45) is 0. The van der Waals surface area contributed by atoms with Crippen LogP contribution in [-0.2, 0) is 0 Å². The van der Waals surface area contributed by atoms with Gasteiger partial charge in [-0.25, -0.2) is 0 Å². The van der Waals surface area contributed by atoms with Crippen molar-refractivity contribution in [3.8, 4) is 11.5 Å². The van der Waals surface area contributed by atoms with Crippen molar-refractivity contribution < 1.29 is 24.7 Å². The second-order valence-corrected chi connectivity index (χ2v) is 6.18. The zero-order chi connectivity index (χ0) is 20.0. The first kappa shape index (κ1) is 17.2. The summed E-state index contributed by atoms with van der Waals surface area (Å²) in [6.45, 7) is 0. The first-order valence-electron chi connectivity index (χ1n) is 8.17. The van der Waals surface area contributed by atoms with Gasteiger partial charge in [0.25, 0.3) is 0 Å². The van der Waals surface area contributed by atoms with Crippen LogP contribution in [0.2, 0.25) is 0 Å². The molecule has 8 heteroatoms. The lowest BCUT2D eigenvalue weighted by molar-refractivity contribution is -0.385. The third-order valence-electron chi connectivity index (χ3n) is 4.48. The number of anilines is 2. The molecule has 4 rings (SSSR count). The predicted octanol–water partition coefficient (Wildman–Crippen LogP) is 3.53. The number of hydrogen-bond donors (Lipinski definition) is 3. The van der Waals surface area contributed by atoms with Crippen molar-refractivity contribution in [3.63, 3.8) is 0 Å². The first-order chi connectivity index (χ1) is 13.4. The lowest BCUT2D eigenvalue weighted by Crippen LogP contribution is -2.22. The molecule has 8 nitrogen and oxygen atoms in total. The number of nitro benzene ring substituents is 1. The van der Waals surface area contributed by atoms with Gasteiger partial charge >= 0.3 is 5.69 Å². The van der Waals surface area contributed by atoms with Gasteiger partial charge in [-0.05, 0) is 30.3 Å². The number of aromatic hydroxyl groups is 2. The van der Waals surface area contributed by atoms with Crippen LogP contribution in [0.3, 0.4) is 0 Å². The minimum atomic E-state index is -0.824. The number of nitrogens with one attached hydrogen (secondary N) is 1. The van der Waals surface area contributed by atoms with Crippen LogP contribution in [0.1, 0.15) is 31.8 Å². The van der Waals surface area contributed by atoms with Gasteiger partial charge in [0.1, 0.15) is 11.4 Å². The zero-order valence-electron chi connectivity index (χ0n) is 14.2. The molecule has 0 aromatic heterocycles. The van der Waals surface area contributed by atoms with Gasteiger partial charge in [-0.2, -0.15) is 0 Å². The van der Waals surface area contributed by atoms with Crippen molar-refractivity contribution in [1.29, 1.82) is 0 Å². The van der Waals surface area contributed by atoms with E-state index >= 15 is 0 Å². The molecule has 3 N–H and O–H groups in total. The maximum atomic E-state index is 13.1. The fourth-order valence-electron chi connectivity index (χ4n) is 3.20. The summed E-state index contributed by atoms with van der Waals surface area (Å²) in [6, 6.07) is 13.0. The summed E-state index contributed by atoms with van der Waals surface area (Å²) in [4.78, 5) is 36.5. The van der Waals surface area contributed by atoms with Crippen LogP contribution in [0.4, 0.5) is 17.1 Å². The Balaban J connectivity index is 2.01. The molecule has 3 aromatic carbocycles. The quantitative estimate of drug-likeness (QED) is 0.283. The van der Waals surface area contributed by atoms with Gasteiger partial charge in [-0.15, -0.1) is 0 Å². The highest BCUT2D eigenvalue weighted by Gasteiger charge is 2.37. The molecule has 1 aliphatic carbocycles. The van der Waals surface area contributed by atoms with Crippen LogP contribution in [0.5, 0.6) is 11.5 Å². The van der Waals surface area contributed by atoms with E-state index in [-0.39, 0.29) is 33.7 Å². The second-order valence-electron chi connectivity index (χ2n) is 6.18. The molecule has 0 aliphatic heterocycles. The number of phenolic OH excluding ortho intramolecular Hbond substituents is 2. The molecule has 0 saturated carbocycles. The van der Waals surface area contributed by atoms with Crippen LogP contribution < -0.4 is 5.32 Å². The van der Waals surface area contributed by atoms with Crippen LogP contribution in [-0.4, -0.2) is 26.7 Å². The van der Waals surface area contributed by atoms with Gasteiger partial charge in [0.2, 0.25) is 5.75 Å². The standard InChI is InChI=1S/C20H12N2O6/c23-11-6-7-12-13(8-11)19(25)16-14(18(12)24)9-15(22(27)28)20(26)17(16)21-10-4-2-1-3-5-10/h1-9,21,23,26H. The molecular formula is C20H12N2O6. The van der Waals surface area contributed by atoms with E-state index in [1.54, 1.807) is 30.3 Å². The molecule has 138 valence electrons. The number of fused-ring (bicyclic) bond motifs is 2. The number of para-hydroxylation sites is 1. The largest absolute Gasteiger partial charge is 0.508 e. The van der Waals surface area contributed by atoms with Gasteiger partial charge in [-0.3, -0.25) is 19.7 Å². The molecule has 1 aliphatic rings. The second kappa shape index (κ2) is 6.20. The molecule has 28 heavy (non-hydrogen) atoms. The van der Waals surface area contributed by atoms with Crippen molar-refractivity contribution in [3.05, 3.63) is 87.0 Å². The Morgan fingerprint density at radius 1 is 0.857 bits per heavy atom. The lowest BCUT2D eigenvalue weighted by atomic mass is 9.82. The number of hydrogen-bond acceptors (Lipinski definition) is 7. The Hall–Kier alpha value is -4.20. The number of carbonyl (C=O) groups is 2. The molecule has 0 atom stereocenters. The van der Waals surface area contributed by atoms with E-state index in [1.807, 2.05) is 0 Å². The molecule has 0 fully saturated rings. The average Bonchev–Trinajstić information content (AvgIpc) is 2.68. The molecular weight excluding hydrogens is 364 g/mol. The summed E-state index contributed by atoms with van der Waals surface area (Å²) < 4.78 is 0. The van der Waals surface area contributed by atoms with E-state index in [2.05, 4.69) is 5.32 Å². The van der Waals surface area contributed by atoms with Crippen molar-refractivity contribution in [1.82, 2.24) is 0 Å². The normalized spacial score (nSPS) is 12.3. The molecule has 0 unspecified atom stereocenters. The fraction of sp³-hybridized carbons (Fsp3) is 0. The molecule has 0 saturated heterocycles. The van der Waals surface area contributed by atoms with Crippen molar-refractivity contribution in [2.24, 2.45) is 0 Å². The minimum Gasteiger partial charge on any atom is -0.508 e. The lowest BCUT2D eigenvalue weighted by Gasteiger charge is -2.21. The van der Waals surface area contributed by atoms with Crippen molar-refractivity contribution in [2.45, 2.75) is 0 Å². The molecule has 0 radical (unpaired) electrons. The van der Waals surface area contributed by atoms with Crippen LogP contribution in [0.25, 0.3) is 0 Å². The Morgan fingerprint density at radius 3 is 2.25 bits per heavy atom. The van der Waals surface area contributed by atoms with Gasteiger partial charge in [0.15, 0.2) is 11.6 Å². The van der Waals surface area contributed by atoms with Gasteiger partial charge in [-0.1, -0.05) is 18.2 Å². The molecule has 0 spiro atoms. The Labute approximate surface area is 157 Å². The van der Waals surface area contributed by atoms with Gasteiger partial charge in [0, 0.05) is 28.4 Å². The van der Waals surface area contributed by atoms with E-state index in [0.717, 1.165) is 12.1 Å². The first-order valence-corrected chi connectivity index (χ1v) is 8.17. The monoisotopic (exact) mass is 376 g/mol. The summed E-state index contributed by atoms with van der Waals surface area (Å²) >= 11 is 0. The maximum absolute atomic E-state index is 13.1. The predicted molar refractivity (Wildman–Crippen MR) is 99.5 cm³/mol. The van der Waals surface area contributed by atoms with Crippen LogP contribution in [0, 0.1) is 10.1 Å². The average molecular weight is 376 g/mol. The highest BCUT2D eigenvalue weighted by atomic mass is 16.6. The van der Waals surface area contributed by atoms with Gasteiger partial charge < -0.3 is 15.5 Å². The zero-order valence-corrected chi connectivity index (χ0v) is 14.2. The Morgan fingerprint density at radius 2 is 1.57 bits per heavy atom. The van der Waals surface area contributed by atoms with E-state index in [9.17, 15) is 29.9 Å². The smallest absolute Gasteiger partial charge is 0.313 e. The Bertz CT molecular complexity index is 1170. The molecule has 3 aromatic rings. The summed E-state index contributed by atoms with van der Waals surface area (Å²) in [5.74, 6) is -2.20.